The number of aromatic nitrogens is 2. The average Bonchev–Trinajstić information content (AvgIpc) is 2.49. The molecule has 2 aromatic rings. The van der Waals surface area contributed by atoms with E-state index < -0.39 is 0 Å². The van der Waals surface area contributed by atoms with Crippen LogP contribution < -0.4 is 15.8 Å². The normalized spacial score (nSPS) is 10.1. The Morgan fingerprint density at radius 1 is 1.35 bits per heavy atom. The van der Waals surface area contributed by atoms with Gasteiger partial charge in [-0.2, -0.15) is 0 Å². The Bertz CT molecular complexity index is 601. The Morgan fingerprint density at radius 3 is 2.95 bits per heavy atom. The van der Waals surface area contributed by atoms with Gasteiger partial charge >= 0.3 is 0 Å². The minimum atomic E-state index is -0.254. The van der Waals surface area contributed by atoms with Crippen molar-refractivity contribution >= 4 is 11.6 Å². The van der Waals surface area contributed by atoms with E-state index in [1.54, 1.807) is 36.7 Å². The van der Waals surface area contributed by atoms with Crippen LogP contribution in [0.1, 0.15) is 23.0 Å². The van der Waals surface area contributed by atoms with Crippen LogP contribution in [0.25, 0.3) is 0 Å². The Balaban J connectivity index is 2.19. The van der Waals surface area contributed by atoms with Crippen molar-refractivity contribution in [1.29, 1.82) is 0 Å². The summed E-state index contributed by atoms with van der Waals surface area (Å²) < 4.78 is 5.36. The summed E-state index contributed by atoms with van der Waals surface area (Å²) in [5, 5.41) is 2.77. The number of amides is 1. The van der Waals surface area contributed by atoms with E-state index in [4.69, 9.17) is 10.5 Å². The standard InChI is InChI=1S/C14H16N4O2/c1-2-20-14-12(4-3-6-17-14)18-13(19)10-5-7-16-11(8-10)9-15/h3-8H,2,9,15H2,1H3,(H,18,19). The van der Waals surface area contributed by atoms with Crippen LogP contribution in [0.15, 0.2) is 36.7 Å². The number of nitrogens with one attached hydrogen (secondary N) is 1. The second-order valence-electron chi connectivity index (χ2n) is 3.98. The summed E-state index contributed by atoms with van der Waals surface area (Å²) in [5.74, 6) is 0.146. The molecule has 0 bridgehead atoms. The number of ether oxygens (including phenoxy) is 1. The number of rotatable bonds is 5. The van der Waals surface area contributed by atoms with Crippen LogP contribution in [0.4, 0.5) is 5.69 Å². The molecule has 0 saturated heterocycles. The first-order valence-electron chi connectivity index (χ1n) is 6.28. The highest BCUT2D eigenvalue weighted by atomic mass is 16.5. The lowest BCUT2D eigenvalue weighted by Gasteiger charge is -2.10. The fourth-order valence-electron chi connectivity index (χ4n) is 1.66. The molecule has 0 radical (unpaired) electrons. The van der Waals surface area contributed by atoms with Gasteiger partial charge in [0.15, 0.2) is 0 Å². The second kappa shape index (κ2) is 6.63. The van der Waals surface area contributed by atoms with E-state index in [1.807, 2.05) is 6.92 Å². The lowest BCUT2D eigenvalue weighted by Crippen LogP contribution is -2.14. The predicted octanol–water partition coefficient (Wildman–Crippen LogP) is 1.59. The molecule has 0 aromatic carbocycles. The summed E-state index contributed by atoms with van der Waals surface area (Å²) in [4.78, 5) is 20.3. The van der Waals surface area contributed by atoms with Crippen LogP contribution in [0, 0.1) is 0 Å². The number of nitrogens with zero attached hydrogens (tertiary/aromatic N) is 2. The molecule has 2 heterocycles. The third-order valence-corrected chi connectivity index (χ3v) is 2.59. The van der Waals surface area contributed by atoms with Gasteiger partial charge in [-0.25, -0.2) is 4.98 Å². The van der Waals surface area contributed by atoms with E-state index in [2.05, 4.69) is 15.3 Å². The van der Waals surface area contributed by atoms with Gasteiger partial charge in [-0.1, -0.05) is 0 Å². The minimum absolute atomic E-state index is 0.254. The predicted molar refractivity (Wildman–Crippen MR) is 75.5 cm³/mol. The Kier molecular flexibility index (Phi) is 4.62. The lowest BCUT2D eigenvalue weighted by molar-refractivity contribution is 0.102. The summed E-state index contributed by atoms with van der Waals surface area (Å²) in [6.45, 7) is 2.63. The smallest absolute Gasteiger partial charge is 0.255 e. The first-order chi connectivity index (χ1) is 9.74. The molecular weight excluding hydrogens is 256 g/mol. The number of carbonyl (C=O) groups excluding carboxylic acids is 1. The zero-order valence-electron chi connectivity index (χ0n) is 11.2. The fraction of sp³-hybridized carbons (Fsp3) is 0.214. The fourth-order valence-corrected chi connectivity index (χ4v) is 1.66. The number of hydrogen-bond donors (Lipinski definition) is 2. The Hall–Kier alpha value is -2.47. The molecule has 3 N–H and O–H groups in total. The van der Waals surface area contributed by atoms with Crippen LogP contribution >= 0.6 is 0 Å². The molecule has 2 rings (SSSR count). The van der Waals surface area contributed by atoms with Gasteiger partial charge in [0, 0.05) is 24.5 Å². The monoisotopic (exact) mass is 272 g/mol. The summed E-state index contributed by atoms with van der Waals surface area (Å²) in [6.07, 6.45) is 3.17. The summed E-state index contributed by atoms with van der Waals surface area (Å²) >= 11 is 0. The zero-order chi connectivity index (χ0) is 14.4. The van der Waals surface area contributed by atoms with E-state index in [1.165, 1.54) is 0 Å². The SMILES string of the molecule is CCOc1ncccc1NC(=O)c1ccnc(CN)c1. The lowest BCUT2D eigenvalue weighted by atomic mass is 10.2. The number of anilines is 1. The van der Waals surface area contributed by atoms with Gasteiger partial charge in [-0.05, 0) is 31.2 Å². The maximum atomic E-state index is 12.2. The first-order valence-corrected chi connectivity index (χ1v) is 6.28. The van der Waals surface area contributed by atoms with E-state index >= 15 is 0 Å². The number of carbonyl (C=O) groups is 1. The molecule has 0 unspecified atom stereocenters. The Morgan fingerprint density at radius 2 is 2.20 bits per heavy atom. The molecule has 0 atom stereocenters. The van der Waals surface area contributed by atoms with E-state index in [9.17, 15) is 4.79 Å². The zero-order valence-corrected chi connectivity index (χ0v) is 11.2. The van der Waals surface area contributed by atoms with Gasteiger partial charge in [0.2, 0.25) is 5.88 Å². The molecular formula is C14H16N4O2. The van der Waals surface area contributed by atoms with Crippen LogP contribution in [0.2, 0.25) is 0 Å². The summed E-state index contributed by atoms with van der Waals surface area (Å²) in [5.41, 5.74) is 7.20. The second-order valence-corrected chi connectivity index (χ2v) is 3.98. The minimum Gasteiger partial charge on any atom is -0.476 e. The van der Waals surface area contributed by atoms with E-state index in [0.29, 0.717) is 29.4 Å². The van der Waals surface area contributed by atoms with Gasteiger partial charge in [0.1, 0.15) is 5.69 Å². The first kappa shape index (κ1) is 14.0. The molecule has 1 amide bonds. The van der Waals surface area contributed by atoms with Crippen LogP contribution in [-0.2, 0) is 6.54 Å². The van der Waals surface area contributed by atoms with Gasteiger partial charge in [-0.15, -0.1) is 0 Å². The molecule has 6 nitrogen and oxygen atoms in total. The molecule has 0 aliphatic rings. The highest BCUT2D eigenvalue weighted by Crippen LogP contribution is 2.21. The van der Waals surface area contributed by atoms with Crippen molar-refractivity contribution in [2.75, 3.05) is 11.9 Å². The van der Waals surface area contributed by atoms with Gasteiger partial charge in [-0.3, -0.25) is 9.78 Å². The van der Waals surface area contributed by atoms with Crippen molar-refractivity contribution in [3.05, 3.63) is 47.9 Å². The largest absolute Gasteiger partial charge is 0.476 e. The van der Waals surface area contributed by atoms with Gasteiger partial charge in [0.25, 0.3) is 5.91 Å². The van der Waals surface area contributed by atoms with Gasteiger partial charge in [0.05, 0.1) is 12.3 Å². The molecule has 2 aromatic heterocycles. The van der Waals surface area contributed by atoms with Crippen molar-refractivity contribution in [1.82, 2.24) is 9.97 Å². The molecule has 0 aliphatic carbocycles. The van der Waals surface area contributed by atoms with Crippen molar-refractivity contribution in [3.63, 3.8) is 0 Å². The quantitative estimate of drug-likeness (QED) is 0.862. The van der Waals surface area contributed by atoms with Crippen LogP contribution in [-0.4, -0.2) is 22.5 Å². The molecule has 0 fully saturated rings. The molecule has 104 valence electrons. The van der Waals surface area contributed by atoms with Crippen molar-refractivity contribution in [2.24, 2.45) is 5.73 Å². The molecule has 6 heteroatoms. The average molecular weight is 272 g/mol. The molecule has 20 heavy (non-hydrogen) atoms. The van der Waals surface area contributed by atoms with Crippen molar-refractivity contribution in [3.8, 4) is 5.88 Å². The molecule has 0 aliphatic heterocycles. The summed E-state index contributed by atoms with van der Waals surface area (Å²) in [7, 11) is 0. The maximum absolute atomic E-state index is 12.2. The Labute approximate surface area is 117 Å². The van der Waals surface area contributed by atoms with Crippen molar-refractivity contribution < 1.29 is 9.53 Å². The molecule has 0 saturated carbocycles. The maximum Gasteiger partial charge on any atom is 0.255 e. The third kappa shape index (κ3) is 3.30. The van der Waals surface area contributed by atoms with Crippen LogP contribution in [0.3, 0.4) is 0 Å². The number of hydrogen-bond acceptors (Lipinski definition) is 5. The number of nitrogens with two attached hydrogens (primary N) is 1. The van der Waals surface area contributed by atoms with E-state index in [-0.39, 0.29) is 12.5 Å². The topological polar surface area (TPSA) is 90.1 Å². The van der Waals surface area contributed by atoms with Gasteiger partial charge < -0.3 is 15.8 Å². The highest BCUT2D eigenvalue weighted by molar-refractivity contribution is 6.04. The summed E-state index contributed by atoms with van der Waals surface area (Å²) in [6, 6.07) is 6.76. The third-order valence-electron chi connectivity index (χ3n) is 2.59. The highest BCUT2D eigenvalue weighted by Gasteiger charge is 2.11. The van der Waals surface area contributed by atoms with Crippen molar-refractivity contribution in [2.45, 2.75) is 13.5 Å². The van der Waals surface area contributed by atoms with Crippen LogP contribution in [0.5, 0.6) is 5.88 Å². The molecule has 0 spiro atoms. The van der Waals surface area contributed by atoms with E-state index in [0.717, 1.165) is 0 Å². The number of pyridine rings is 2.